The van der Waals surface area contributed by atoms with Crippen LogP contribution in [-0.2, 0) is 11.3 Å². The Morgan fingerprint density at radius 3 is 2.65 bits per heavy atom. The molecule has 3 nitrogen and oxygen atoms in total. The van der Waals surface area contributed by atoms with E-state index in [-0.39, 0.29) is 11.3 Å². The monoisotopic (exact) mass is 252 g/mol. The molecular weight excluding hydrogens is 236 g/mol. The number of carbonyl (C=O) groups is 1. The second-order valence-electron chi connectivity index (χ2n) is 4.61. The highest BCUT2D eigenvalue weighted by Crippen LogP contribution is 2.40. The topological polar surface area (TPSA) is 55.1 Å². The minimum atomic E-state index is -0.318. The summed E-state index contributed by atoms with van der Waals surface area (Å²) in [4.78, 5) is 12.0. The van der Waals surface area contributed by atoms with Crippen molar-refractivity contribution in [2.24, 2.45) is 11.1 Å². The number of benzene rings is 1. The molecule has 92 valence electrons. The first-order valence-corrected chi connectivity index (χ1v) is 6.27. The number of nitrogens with one attached hydrogen (secondary N) is 1. The summed E-state index contributed by atoms with van der Waals surface area (Å²) in [6.07, 6.45) is 2.90. The van der Waals surface area contributed by atoms with Crippen molar-refractivity contribution in [2.75, 3.05) is 6.54 Å². The van der Waals surface area contributed by atoms with Gasteiger partial charge in [-0.3, -0.25) is 4.79 Å². The van der Waals surface area contributed by atoms with Crippen molar-refractivity contribution in [2.45, 2.75) is 25.8 Å². The quantitative estimate of drug-likeness (QED) is 0.862. The van der Waals surface area contributed by atoms with E-state index in [0.717, 1.165) is 24.8 Å². The lowest BCUT2D eigenvalue weighted by Gasteiger charge is -2.39. The molecule has 1 fully saturated rings. The number of rotatable bonds is 4. The Hall–Kier alpha value is -1.06. The van der Waals surface area contributed by atoms with Gasteiger partial charge in [-0.25, -0.2) is 0 Å². The van der Waals surface area contributed by atoms with Crippen LogP contribution in [0.4, 0.5) is 0 Å². The lowest BCUT2D eigenvalue weighted by atomic mass is 9.68. The molecule has 0 saturated heterocycles. The molecule has 0 bridgehead atoms. The summed E-state index contributed by atoms with van der Waals surface area (Å²) in [6.45, 7) is 0.904. The molecule has 1 aromatic rings. The van der Waals surface area contributed by atoms with Gasteiger partial charge in [0.15, 0.2) is 0 Å². The van der Waals surface area contributed by atoms with Gasteiger partial charge in [0.2, 0.25) is 5.91 Å². The molecule has 1 saturated carbocycles. The summed E-state index contributed by atoms with van der Waals surface area (Å²) < 4.78 is 0. The summed E-state index contributed by atoms with van der Waals surface area (Å²) >= 11 is 6.03. The number of hydrogen-bond donors (Lipinski definition) is 2. The van der Waals surface area contributed by atoms with Gasteiger partial charge in [0, 0.05) is 18.1 Å². The van der Waals surface area contributed by atoms with Crippen LogP contribution in [0.3, 0.4) is 0 Å². The van der Waals surface area contributed by atoms with Crippen molar-refractivity contribution < 1.29 is 4.79 Å². The van der Waals surface area contributed by atoms with E-state index in [1.165, 1.54) is 0 Å². The summed E-state index contributed by atoms with van der Waals surface area (Å²) in [5, 5.41) is 3.61. The van der Waals surface area contributed by atoms with Gasteiger partial charge < -0.3 is 11.1 Å². The fraction of sp³-hybridized carbons (Fsp3) is 0.462. The Balaban J connectivity index is 1.95. The lowest BCUT2D eigenvalue weighted by Crippen LogP contribution is -2.50. The van der Waals surface area contributed by atoms with Crippen LogP contribution in [-0.4, -0.2) is 12.5 Å². The zero-order valence-corrected chi connectivity index (χ0v) is 10.5. The SMILES string of the molecule is NCC1(C(=O)NCc2ccccc2Cl)CCC1. The van der Waals surface area contributed by atoms with Gasteiger partial charge in [0.25, 0.3) is 0 Å². The standard InChI is InChI=1S/C13H17ClN2O/c14-11-5-2-1-4-10(11)8-16-12(17)13(9-15)6-3-7-13/h1-2,4-5H,3,6-9,15H2,(H,16,17). The molecule has 0 aliphatic heterocycles. The Bertz CT molecular complexity index is 410. The van der Waals surface area contributed by atoms with Gasteiger partial charge in [-0.15, -0.1) is 0 Å². The Kier molecular flexibility index (Phi) is 3.69. The van der Waals surface area contributed by atoms with Gasteiger partial charge >= 0.3 is 0 Å². The molecule has 17 heavy (non-hydrogen) atoms. The molecule has 4 heteroatoms. The van der Waals surface area contributed by atoms with E-state index in [0.29, 0.717) is 18.1 Å². The van der Waals surface area contributed by atoms with E-state index >= 15 is 0 Å². The number of nitrogens with two attached hydrogens (primary N) is 1. The number of carbonyl (C=O) groups excluding carboxylic acids is 1. The Labute approximate surface area is 106 Å². The van der Waals surface area contributed by atoms with Crippen LogP contribution in [0.5, 0.6) is 0 Å². The molecule has 0 unspecified atom stereocenters. The number of hydrogen-bond acceptors (Lipinski definition) is 2. The maximum absolute atomic E-state index is 12.0. The highest BCUT2D eigenvalue weighted by atomic mass is 35.5. The van der Waals surface area contributed by atoms with Crippen molar-refractivity contribution in [3.63, 3.8) is 0 Å². The first kappa shape index (κ1) is 12.4. The molecule has 3 N–H and O–H groups in total. The van der Waals surface area contributed by atoms with Crippen molar-refractivity contribution in [1.29, 1.82) is 0 Å². The third-order valence-corrected chi connectivity index (χ3v) is 3.95. The van der Waals surface area contributed by atoms with Crippen LogP contribution in [0.25, 0.3) is 0 Å². The predicted octanol–water partition coefficient (Wildman–Crippen LogP) is 2.09. The molecule has 0 atom stereocenters. The van der Waals surface area contributed by atoms with Crippen LogP contribution in [0.1, 0.15) is 24.8 Å². The van der Waals surface area contributed by atoms with Gasteiger partial charge in [-0.05, 0) is 24.5 Å². The van der Waals surface area contributed by atoms with Gasteiger partial charge in [-0.1, -0.05) is 36.2 Å². The number of amides is 1. The summed E-state index contributed by atoms with van der Waals surface area (Å²) in [5.41, 5.74) is 6.30. The molecule has 2 rings (SSSR count). The van der Waals surface area contributed by atoms with E-state index in [4.69, 9.17) is 17.3 Å². The van der Waals surface area contributed by atoms with E-state index in [2.05, 4.69) is 5.32 Å². The average Bonchev–Trinajstić information content (AvgIpc) is 2.27. The van der Waals surface area contributed by atoms with Gasteiger partial charge in [0.1, 0.15) is 0 Å². The molecule has 1 aromatic carbocycles. The average molecular weight is 253 g/mol. The highest BCUT2D eigenvalue weighted by Gasteiger charge is 2.42. The van der Waals surface area contributed by atoms with Crippen molar-refractivity contribution in [3.8, 4) is 0 Å². The van der Waals surface area contributed by atoms with Crippen LogP contribution in [0.2, 0.25) is 5.02 Å². The summed E-state index contributed by atoms with van der Waals surface area (Å²) in [6, 6.07) is 7.53. The summed E-state index contributed by atoms with van der Waals surface area (Å²) in [7, 11) is 0. The molecule has 1 amide bonds. The van der Waals surface area contributed by atoms with E-state index in [1.807, 2.05) is 24.3 Å². The molecule has 0 aromatic heterocycles. The molecule has 1 aliphatic rings. The van der Waals surface area contributed by atoms with Crippen LogP contribution < -0.4 is 11.1 Å². The fourth-order valence-corrected chi connectivity index (χ4v) is 2.33. The fourth-order valence-electron chi connectivity index (χ4n) is 2.13. The molecule has 0 spiro atoms. The normalized spacial score (nSPS) is 17.3. The first-order valence-electron chi connectivity index (χ1n) is 5.90. The lowest BCUT2D eigenvalue weighted by molar-refractivity contribution is -0.135. The zero-order valence-electron chi connectivity index (χ0n) is 9.71. The Morgan fingerprint density at radius 1 is 1.41 bits per heavy atom. The molecular formula is C13H17ClN2O. The Morgan fingerprint density at radius 2 is 2.12 bits per heavy atom. The van der Waals surface area contributed by atoms with Crippen molar-refractivity contribution in [3.05, 3.63) is 34.9 Å². The molecule has 1 aliphatic carbocycles. The molecule has 0 radical (unpaired) electrons. The van der Waals surface area contributed by atoms with Crippen molar-refractivity contribution in [1.82, 2.24) is 5.32 Å². The predicted molar refractivity (Wildman–Crippen MR) is 68.6 cm³/mol. The highest BCUT2D eigenvalue weighted by molar-refractivity contribution is 6.31. The smallest absolute Gasteiger partial charge is 0.227 e. The van der Waals surface area contributed by atoms with E-state index in [1.54, 1.807) is 0 Å². The van der Waals surface area contributed by atoms with E-state index < -0.39 is 0 Å². The van der Waals surface area contributed by atoms with Crippen LogP contribution in [0.15, 0.2) is 24.3 Å². The summed E-state index contributed by atoms with van der Waals surface area (Å²) in [5.74, 6) is 0.0613. The third kappa shape index (κ3) is 2.45. The minimum absolute atomic E-state index is 0.0613. The van der Waals surface area contributed by atoms with Gasteiger partial charge in [-0.2, -0.15) is 0 Å². The second kappa shape index (κ2) is 5.07. The number of halogens is 1. The van der Waals surface area contributed by atoms with Crippen LogP contribution >= 0.6 is 11.6 Å². The maximum Gasteiger partial charge on any atom is 0.227 e. The van der Waals surface area contributed by atoms with Crippen LogP contribution in [0, 0.1) is 5.41 Å². The molecule has 0 heterocycles. The largest absolute Gasteiger partial charge is 0.351 e. The van der Waals surface area contributed by atoms with Gasteiger partial charge in [0.05, 0.1) is 5.41 Å². The zero-order chi connectivity index (χ0) is 12.3. The minimum Gasteiger partial charge on any atom is -0.351 e. The first-order chi connectivity index (χ1) is 8.18. The second-order valence-corrected chi connectivity index (χ2v) is 5.02. The van der Waals surface area contributed by atoms with Crippen molar-refractivity contribution >= 4 is 17.5 Å². The maximum atomic E-state index is 12.0. The third-order valence-electron chi connectivity index (χ3n) is 3.58. The van der Waals surface area contributed by atoms with E-state index in [9.17, 15) is 4.79 Å².